The van der Waals surface area contributed by atoms with Gasteiger partial charge in [-0.1, -0.05) is 18.2 Å². The van der Waals surface area contributed by atoms with Gasteiger partial charge in [0.25, 0.3) is 5.56 Å². The lowest BCUT2D eigenvalue weighted by Crippen LogP contribution is -2.35. The molecule has 0 bridgehead atoms. The van der Waals surface area contributed by atoms with E-state index in [1.165, 1.54) is 0 Å². The third-order valence-electron chi connectivity index (χ3n) is 4.08. The van der Waals surface area contributed by atoms with Crippen LogP contribution in [0.4, 0.5) is 0 Å². The third-order valence-corrected chi connectivity index (χ3v) is 4.08. The number of nitrogens with one attached hydrogen (secondary N) is 1. The lowest BCUT2D eigenvalue weighted by molar-refractivity contribution is 0.0393. The second-order valence-electron chi connectivity index (χ2n) is 5.83. The van der Waals surface area contributed by atoms with E-state index in [4.69, 9.17) is 4.74 Å². The standard InChI is InChI=1S/C17H20N4O4/c1-11-5-3-4-6-13(11)21-16(23)14(15(22)18-17(21)24)12(2)19-20-7-9-25-10-8-20/h3-6,23H,7-10H2,1-2H3,(H,18,22,24). The molecular formula is C17H20N4O4. The fourth-order valence-corrected chi connectivity index (χ4v) is 2.80. The van der Waals surface area contributed by atoms with Crippen molar-refractivity contribution >= 4 is 5.71 Å². The van der Waals surface area contributed by atoms with E-state index in [-0.39, 0.29) is 5.56 Å². The lowest BCUT2D eigenvalue weighted by Gasteiger charge is -2.24. The fraction of sp³-hybridized carbons (Fsp3) is 0.353. The van der Waals surface area contributed by atoms with Gasteiger partial charge in [-0.2, -0.15) is 5.10 Å². The Balaban J connectivity index is 2.14. The van der Waals surface area contributed by atoms with Crippen molar-refractivity contribution in [3.8, 4) is 11.6 Å². The Bertz CT molecular complexity index is 923. The van der Waals surface area contributed by atoms with Gasteiger partial charge in [-0.15, -0.1) is 0 Å². The summed E-state index contributed by atoms with van der Waals surface area (Å²) in [6, 6.07) is 7.11. The average molecular weight is 344 g/mol. The first-order valence-electron chi connectivity index (χ1n) is 8.01. The summed E-state index contributed by atoms with van der Waals surface area (Å²) in [6.45, 7) is 5.78. The number of aromatic amines is 1. The van der Waals surface area contributed by atoms with Crippen molar-refractivity contribution in [2.75, 3.05) is 26.3 Å². The molecule has 1 fully saturated rings. The molecule has 132 valence electrons. The largest absolute Gasteiger partial charge is 0.493 e. The summed E-state index contributed by atoms with van der Waals surface area (Å²) in [5, 5.41) is 16.8. The predicted molar refractivity (Wildman–Crippen MR) is 93.7 cm³/mol. The molecule has 1 aromatic carbocycles. The molecule has 0 amide bonds. The zero-order valence-electron chi connectivity index (χ0n) is 14.2. The Labute approximate surface area is 144 Å². The highest BCUT2D eigenvalue weighted by molar-refractivity contribution is 6.00. The van der Waals surface area contributed by atoms with E-state index < -0.39 is 17.1 Å². The average Bonchev–Trinajstić information content (AvgIpc) is 2.57. The van der Waals surface area contributed by atoms with E-state index in [9.17, 15) is 14.7 Å². The molecule has 0 atom stereocenters. The topological polar surface area (TPSA) is 99.9 Å². The molecule has 1 aromatic heterocycles. The van der Waals surface area contributed by atoms with Gasteiger partial charge in [-0.05, 0) is 25.5 Å². The molecule has 0 spiro atoms. The maximum Gasteiger partial charge on any atom is 0.335 e. The maximum absolute atomic E-state index is 12.3. The second-order valence-corrected chi connectivity index (χ2v) is 5.83. The van der Waals surface area contributed by atoms with Gasteiger partial charge in [0.15, 0.2) is 0 Å². The first-order chi connectivity index (χ1) is 12.0. The molecule has 25 heavy (non-hydrogen) atoms. The van der Waals surface area contributed by atoms with Gasteiger partial charge < -0.3 is 9.84 Å². The highest BCUT2D eigenvalue weighted by Gasteiger charge is 2.20. The van der Waals surface area contributed by atoms with Gasteiger partial charge in [0.1, 0.15) is 5.56 Å². The van der Waals surface area contributed by atoms with Crippen molar-refractivity contribution in [2.24, 2.45) is 5.10 Å². The summed E-state index contributed by atoms with van der Waals surface area (Å²) < 4.78 is 6.35. The zero-order valence-corrected chi connectivity index (χ0v) is 14.2. The van der Waals surface area contributed by atoms with Gasteiger partial charge in [0.05, 0.1) is 37.7 Å². The van der Waals surface area contributed by atoms with Crippen molar-refractivity contribution in [2.45, 2.75) is 13.8 Å². The smallest absolute Gasteiger partial charge is 0.335 e. The van der Waals surface area contributed by atoms with Crippen LogP contribution in [0, 0.1) is 6.92 Å². The Kier molecular flexibility index (Phi) is 4.71. The molecule has 0 aliphatic carbocycles. The number of aromatic hydroxyl groups is 1. The van der Waals surface area contributed by atoms with Gasteiger partial charge in [0.2, 0.25) is 5.88 Å². The number of aryl methyl sites for hydroxylation is 1. The molecule has 3 rings (SSSR count). The number of H-pyrrole nitrogens is 1. The van der Waals surface area contributed by atoms with Crippen LogP contribution in [0.2, 0.25) is 0 Å². The first kappa shape index (κ1) is 17.0. The number of benzene rings is 1. The van der Waals surface area contributed by atoms with Crippen molar-refractivity contribution in [1.29, 1.82) is 0 Å². The number of nitrogens with zero attached hydrogens (tertiary/aromatic N) is 3. The number of rotatable bonds is 3. The molecule has 1 aliphatic heterocycles. The number of ether oxygens (including phenoxy) is 1. The van der Waals surface area contributed by atoms with Crippen molar-refractivity contribution < 1.29 is 9.84 Å². The number of aromatic nitrogens is 2. The van der Waals surface area contributed by atoms with Crippen molar-refractivity contribution in [3.05, 3.63) is 56.2 Å². The number of para-hydroxylation sites is 1. The summed E-state index contributed by atoms with van der Waals surface area (Å²) in [4.78, 5) is 26.8. The maximum atomic E-state index is 12.3. The normalized spacial score (nSPS) is 15.4. The highest BCUT2D eigenvalue weighted by atomic mass is 16.5. The quantitative estimate of drug-likeness (QED) is 0.794. The molecule has 2 heterocycles. The molecule has 8 heteroatoms. The van der Waals surface area contributed by atoms with E-state index >= 15 is 0 Å². The van der Waals surface area contributed by atoms with E-state index in [2.05, 4.69) is 10.1 Å². The third kappa shape index (κ3) is 3.34. The summed E-state index contributed by atoms with van der Waals surface area (Å²) in [6.07, 6.45) is 0. The van der Waals surface area contributed by atoms with E-state index in [0.717, 1.165) is 10.1 Å². The van der Waals surface area contributed by atoms with Gasteiger partial charge >= 0.3 is 5.69 Å². The van der Waals surface area contributed by atoms with Crippen LogP contribution in [0.1, 0.15) is 18.1 Å². The fourth-order valence-electron chi connectivity index (χ4n) is 2.80. The van der Waals surface area contributed by atoms with Crippen LogP contribution in [0.3, 0.4) is 0 Å². The van der Waals surface area contributed by atoms with Gasteiger partial charge in [-0.3, -0.25) is 14.8 Å². The summed E-state index contributed by atoms with van der Waals surface area (Å²) in [7, 11) is 0. The summed E-state index contributed by atoms with van der Waals surface area (Å²) in [5.74, 6) is -0.419. The molecule has 0 unspecified atom stereocenters. The number of morpholine rings is 1. The van der Waals surface area contributed by atoms with Crippen LogP contribution >= 0.6 is 0 Å². The lowest BCUT2D eigenvalue weighted by atomic mass is 10.1. The van der Waals surface area contributed by atoms with Gasteiger partial charge in [-0.25, -0.2) is 9.36 Å². The van der Waals surface area contributed by atoms with Gasteiger partial charge in [0, 0.05) is 0 Å². The predicted octanol–water partition coefficient (Wildman–Crippen LogP) is 0.596. The highest BCUT2D eigenvalue weighted by Crippen LogP contribution is 2.20. The van der Waals surface area contributed by atoms with Crippen LogP contribution in [0.25, 0.3) is 5.69 Å². The molecule has 2 aromatic rings. The Hall–Kier alpha value is -2.87. The molecule has 0 saturated carbocycles. The van der Waals surface area contributed by atoms with Crippen LogP contribution < -0.4 is 11.2 Å². The minimum Gasteiger partial charge on any atom is -0.493 e. The summed E-state index contributed by atoms with van der Waals surface area (Å²) >= 11 is 0. The molecular weight excluding hydrogens is 324 g/mol. The van der Waals surface area contributed by atoms with Crippen molar-refractivity contribution in [1.82, 2.24) is 14.6 Å². The second kappa shape index (κ2) is 6.94. The van der Waals surface area contributed by atoms with Crippen LogP contribution in [0.15, 0.2) is 39.0 Å². The molecule has 1 aliphatic rings. The number of hydrogen-bond acceptors (Lipinski definition) is 6. The van der Waals surface area contributed by atoms with E-state index in [0.29, 0.717) is 37.7 Å². The Morgan fingerprint density at radius 1 is 1.24 bits per heavy atom. The van der Waals surface area contributed by atoms with Crippen LogP contribution in [-0.4, -0.2) is 51.7 Å². The summed E-state index contributed by atoms with van der Waals surface area (Å²) in [5.41, 5.74) is 0.251. The SMILES string of the molecule is CC(=NN1CCOCC1)c1c(O)n(-c2ccccc2C)c(=O)[nH]c1=O. The minimum atomic E-state index is -0.695. The first-order valence-corrected chi connectivity index (χ1v) is 8.01. The van der Waals surface area contributed by atoms with E-state index in [1.54, 1.807) is 24.1 Å². The molecule has 8 nitrogen and oxygen atoms in total. The molecule has 2 N–H and O–H groups in total. The van der Waals surface area contributed by atoms with E-state index in [1.807, 2.05) is 19.1 Å². The monoisotopic (exact) mass is 344 g/mol. The number of hydrogen-bond donors (Lipinski definition) is 2. The molecule has 1 saturated heterocycles. The minimum absolute atomic E-state index is 0.0191. The Morgan fingerprint density at radius 3 is 2.60 bits per heavy atom. The zero-order chi connectivity index (χ0) is 18.0. The number of hydrazone groups is 1. The van der Waals surface area contributed by atoms with Crippen molar-refractivity contribution in [3.63, 3.8) is 0 Å². The Morgan fingerprint density at radius 2 is 1.92 bits per heavy atom. The molecule has 0 radical (unpaired) electrons. The van der Waals surface area contributed by atoms with Crippen LogP contribution in [-0.2, 0) is 4.74 Å². The van der Waals surface area contributed by atoms with Crippen LogP contribution in [0.5, 0.6) is 5.88 Å².